The van der Waals surface area contributed by atoms with Gasteiger partial charge < -0.3 is 9.47 Å². The van der Waals surface area contributed by atoms with Crippen molar-refractivity contribution in [2.45, 2.75) is 32.8 Å². The minimum Gasteiger partial charge on any atom is -0.461 e. The summed E-state index contributed by atoms with van der Waals surface area (Å²) in [6.45, 7) is 2.23. The van der Waals surface area contributed by atoms with Crippen LogP contribution in [0.1, 0.15) is 30.9 Å². The topological polar surface area (TPSA) is 52.6 Å². The molecule has 0 aliphatic carbocycles. The van der Waals surface area contributed by atoms with Crippen LogP contribution in [0.4, 0.5) is 0 Å². The van der Waals surface area contributed by atoms with Crippen molar-refractivity contribution in [2.24, 2.45) is 0 Å². The third-order valence-electron chi connectivity index (χ3n) is 4.29. The molecular formula is C23H22O4. The first-order valence-corrected chi connectivity index (χ1v) is 9.07. The number of esters is 2. The minimum absolute atomic E-state index is 0.000116. The molecule has 0 spiro atoms. The predicted molar refractivity (Wildman–Crippen MR) is 104 cm³/mol. The van der Waals surface area contributed by atoms with Crippen molar-refractivity contribution in [2.75, 3.05) is 0 Å². The quantitative estimate of drug-likeness (QED) is 0.446. The normalized spacial score (nSPS) is 10.6. The van der Waals surface area contributed by atoms with Gasteiger partial charge in [-0.3, -0.25) is 9.59 Å². The van der Waals surface area contributed by atoms with Crippen LogP contribution in [-0.2, 0) is 27.4 Å². The molecule has 3 rings (SSSR count). The van der Waals surface area contributed by atoms with E-state index in [1.807, 2.05) is 67.6 Å². The molecule has 4 heteroatoms. The molecule has 0 saturated heterocycles. The SMILES string of the molecule is CCc1cccc(OC(=O)CCC(=O)OCc2ccc3ccccc3c2)c1. The zero-order chi connectivity index (χ0) is 19.1. The lowest BCUT2D eigenvalue weighted by atomic mass is 10.1. The maximum atomic E-state index is 11.9. The number of aryl methyl sites for hydroxylation is 1. The zero-order valence-electron chi connectivity index (χ0n) is 15.3. The number of benzene rings is 3. The molecule has 0 radical (unpaired) electrons. The van der Waals surface area contributed by atoms with E-state index < -0.39 is 11.9 Å². The molecular weight excluding hydrogens is 340 g/mol. The Kier molecular flexibility index (Phi) is 6.21. The van der Waals surface area contributed by atoms with Crippen LogP contribution in [0, 0.1) is 0 Å². The van der Waals surface area contributed by atoms with Crippen molar-refractivity contribution in [3.8, 4) is 5.75 Å². The first-order valence-electron chi connectivity index (χ1n) is 9.07. The van der Waals surface area contributed by atoms with Gasteiger partial charge in [0, 0.05) is 0 Å². The van der Waals surface area contributed by atoms with Crippen molar-refractivity contribution in [1.29, 1.82) is 0 Å². The maximum Gasteiger partial charge on any atom is 0.311 e. The Bertz CT molecular complexity index is 946. The van der Waals surface area contributed by atoms with Crippen LogP contribution in [0.2, 0.25) is 0 Å². The number of carbonyl (C=O) groups is 2. The van der Waals surface area contributed by atoms with Crippen LogP contribution in [0.15, 0.2) is 66.7 Å². The predicted octanol–water partition coefficient (Wildman–Crippen LogP) is 4.83. The Morgan fingerprint density at radius 3 is 2.37 bits per heavy atom. The second kappa shape index (κ2) is 8.99. The molecule has 3 aromatic rings. The highest BCUT2D eigenvalue weighted by atomic mass is 16.5. The van der Waals surface area contributed by atoms with E-state index in [1.165, 1.54) is 0 Å². The lowest BCUT2D eigenvalue weighted by Gasteiger charge is -2.07. The molecule has 0 N–H and O–H groups in total. The summed E-state index contributed by atoms with van der Waals surface area (Å²) in [5.41, 5.74) is 2.01. The molecule has 0 amide bonds. The molecule has 0 unspecified atom stereocenters. The summed E-state index contributed by atoms with van der Waals surface area (Å²) in [5.74, 6) is -0.350. The summed E-state index contributed by atoms with van der Waals surface area (Å²) in [7, 11) is 0. The largest absolute Gasteiger partial charge is 0.461 e. The van der Waals surface area contributed by atoms with Gasteiger partial charge in [0.2, 0.25) is 0 Å². The number of ether oxygens (including phenoxy) is 2. The van der Waals surface area contributed by atoms with E-state index >= 15 is 0 Å². The average molecular weight is 362 g/mol. The maximum absolute atomic E-state index is 11.9. The number of hydrogen-bond acceptors (Lipinski definition) is 4. The van der Waals surface area contributed by atoms with Crippen molar-refractivity contribution < 1.29 is 19.1 Å². The Balaban J connectivity index is 1.45. The Hall–Kier alpha value is -3.14. The zero-order valence-corrected chi connectivity index (χ0v) is 15.3. The summed E-state index contributed by atoms with van der Waals surface area (Å²) in [5, 5.41) is 2.24. The lowest BCUT2D eigenvalue weighted by Crippen LogP contribution is -2.12. The minimum atomic E-state index is -0.439. The van der Waals surface area contributed by atoms with Gasteiger partial charge in [-0.05, 0) is 46.5 Å². The van der Waals surface area contributed by atoms with E-state index in [0.717, 1.165) is 28.3 Å². The van der Waals surface area contributed by atoms with Gasteiger partial charge in [-0.1, -0.05) is 55.5 Å². The number of carbonyl (C=O) groups excluding carboxylic acids is 2. The fraction of sp³-hybridized carbons (Fsp3) is 0.217. The van der Waals surface area contributed by atoms with E-state index in [-0.39, 0.29) is 19.4 Å². The van der Waals surface area contributed by atoms with Crippen molar-refractivity contribution in [1.82, 2.24) is 0 Å². The van der Waals surface area contributed by atoms with Gasteiger partial charge in [0.05, 0.1) is 12.8 Å². The molecule has 138 valence electrons. The second-order valence-corrected chi connectivity index (χ2v) is 6.32. The molecule has 4 nitrogen and oxygen atoms in total. The van der Waals surface area contributed by atoms with Gasteiger partial charge in [-0.15, -0.1) is 0 Å². The van der Waals surface area contributed by atoms with Crippen molar-refractivity contribution in [3.05, 3.63) is 77.9 Å². The van der Waals surface area contributed by atoms with Gasteiger partial charge in [0.15, 0.2) is 0 Å². The van der Waals surface area contributed by atoms with Gasteiger partial charge in [-0.2, -0.15) is 0 Å². The van der Waals surface area contributed by atoms with Gasteiger partial charge in [0.1, 0.15) is 12.4 Å². The van der Waals surface area contributed by atoms with E-state index in [9.17, 15) is 9.59 Å². The summed E-state index contributed by atoms with van der Waals surface area (Å²) in [6, 6.07) is 21.3. The summed E-state index contributed by atoms with van der Waals surface area (Å²) >= 11 is 0. The fourth-order valence-corrected chi connectivity index (χ4v) is 2.78. The first-order chi connectivity index (χ1) is 13.1. The smallest absolute Gasteiger partial charge is 0.311 e. The Labute approximate surface area is 158 Å². The molecule has 0 fully saturated rings. The first kappa shape index (κ1) is 18.6. The van der Waals surface area contributed by atoms with Crippen LogP contribution < -0.4 is 4.74 Å². The molecule has 0 aliphatic heterocycles. The van der Waals surface area contributed by atoms with Crippen molar-refractivity contribution in [3.63, 3.8) is 0 Å². The highest BCUT2D eigenvalue weighted by molar-refractivity contribution is 5.83. The van der Waals surface area contributed by atoms with Gasteiger partial charge >= 0.3 is 11.9 Å². The molecule has 0 saturated carbocycles. The van der Waals surface area contributed by atoms with E-state index in [2.05, 4.69) is 0 Å². The highest BCUT2D eigenvalue weighted by Gasteiger charge is 2.11. The molecule has 0 aliphatic rings. The monoisotopic (exact) mass is 362 g/mol. The molecule has 27 heavy (non-hydrogen) atoms. The van der Waals surface area contributed by atoms with Gasteiger partial charge in [0.25, 0.3) is 0 Å². The summed E-state index contributed by atoms with van der Waals surface area (Å²) in [6.07, 6.45) is 0.860. The second-order valence-electron chi connectivity index (χ2n) is 6.32. The number of fused-ring (bicyclic) bond motifs is 1. The number of rotatable bonds is 7. The standard InChI is InChI=1S/C23H22O4/c1-2-17-6-5-9-21(15-17)27-23(25)13-12-22(24)26-16-18-10-11-19-7-3-4-8-20(19)14-18/h3-11,14-15H,2,12-13,16H2,1H3. The fourth-order valence-electron chi connectivity index (χ4n) is 2.78. The lowest BCUT2D eigenvalue weighted by molar-refractivity contribution is -0.148. The molecule has 0 atom stereocenters. The van der Waals surface area contributed by atoms with Crippen LogP contribution in [-0.4, -0.2) is 11.9 Å². The van der Waals surface area contributed by atoms with E-state index in [1.54, 1.807) is 6.07 Å². The van der Waals surface area contributed by atoms with Crippen LogP contribution in [0.3, 0.4) is 0 Å². The third kappa shape index (κ3) is 5.42. The average Bonchev–Trinajstić information content (AvgIpc) is 2.70. The van der Waals surface area contributed by atoms with E-state index in [4.69, 9.17) is 9.47 Å². The molecule has 0 heterocycles. The summed E-state index contributed by atoms with van der Waals surface area (Å²) in [4.78, 5) is 23.8. The molecule has 0 bridgehead atoms. The highest BCUT2D eigenvalue weighted by Crippen LogP contribution is 2.17. The Morgan fingerprint density at radius 2 is 1.56 bits per heavy atom. The molecule has 3 aromatic carbocycles. The molecule has 0 aromatic heterocycles. The van der Waals surface area contributed by atoms with Crippen LogP contribution in [0.25, 0.3) is 10.8 Å². The number of hydrogen-bond donors (Lipinski definition) is 0. The third-order valence-corrected chi connectivity index (χ3v) is 4.29. The van der Waals surface area contributed by atoms with Crippen LogP contribution >= 0.6 is 0 Å². The van der Waals surface area contributed by atoms with E-state index in [0.29, 0.717) is 5.75 Å². The summed E-state index contributed by atoms with van der Waals surface area (Å²) < 4.78 is 10.5. The van der Waals surface area contributed by atoms with Crippen LogP contribution in [0.5, 0.6) is 5.75 Å². The van der Waals surface area contributed by atoms with Crippen molar-refractivity contribution >= 4 is 22.7 Å². The Morgan fingerprint density at radius 1 is 0.778 bits per heavy atom. The van der Waals surface area contributed by atoms with Gasteiger partial charge in [-0.25, -0.2) is 0 Å².